The van der Waals surface area contributed by atoms with Gasteiger partial charge in [0.15, 0.2) is 0 Å². The van der Waals surface area contributed by atoms with Gasteiger partial charge in [0, 0.05) is 30.9 Å². The molecule has 1 aliphatic rings. The van der Waals surface area contributed by atoms with Crippen LogP contribution in [0.4, 0.5) is 5.95 Å². The maximum Gasteiger partial charge on any atom is 0.226 e. The molecular weight excluding hydrogens is 224 g/mol. The Balaban J connectivity index is 2.13. The Morgan fingerprint density at radius 3 is 3.06 bits per heavy atom. The number of likely N-dealkylation sites (N-methyl/N-ethyl adjacent to an activating group) is 1. The van der Waals surface area contributed by atoms with Crippen LogP contribution in [0.1, 0.15) is 18.4 Å². The third kappa shape index (κ3) is 2.44. The van der Waals surface area contributed by atoms with Crippen molar-refractivity contribution in [3.05, 3.63) is 16.9 Å². The van der Waals surface area contributed by atoms with E-state index >= 15 is 0 Å². The summed E-state index contributed by atoms with van der Waals surface area (Å²) < 4.78 is 0. The summed E-state index contributed by atoms with van der Waals surface area (Å²) in [6.45, 7) is 3.88. The van der Waals surface area contributed by atoms with Gasteiger partial charge in [-0.3, -0.25) is 0 Å². The Morgan fingerprint density at radius 1 is 1.56 bits per heavy atom. The third-order valence-corrected chi connectivity index (χ3v) is 3.39. The van der Waals surface area contributed by atoms with E-state index in [1.54, 1.807) is 6.20 Å². The van der Waals surface area contributed by atoms with Crippen LogP contribution in [-0.2, 0) is 0 Å². The van der Waals surface area contributed by atoms with E-state index in [4.69, 9.17) is 11.6 Å². The Morgan fingerprint density at radius 2 is 2.38 bits per heavy atom. The number of nitrogens with zero attached hydrogens (tertiary/aromatic N) is 3. The summed E-state index contributed by atoms with van der Waals surface area (Å²) >= 11 is 6.01. The van der Waals surface area contributed by atoms with Gasteiger partial charge in [0.1, 0.15) is 5.15 Å². The quantitative estimate of drug-likeness (QED) is 0.798. The largest absolute Gasteiger partial charge is 0.339 e. The molecule has 1 aliphatic heterocycles. The molecule has 0 unspecified atom stereocenters. The van der Waals surface area contributed by atoms with Crippen molar-refractivity contribution in [3.63, 3.8) is 0 Å². The van der Waals surface area contributed by atoms with Crippen LogP contribution in [0.3, 0.4) is 0 Å². The van der Waals surface area contributed by atoms with Gasteiger partial charge in [0.2, 0.25) is 5.95 Å². The summed E-state index contributed by atoms with van der Waals surface area (Å²) in [6.07, 6.45) is 4.17. The number of aryl methyl sites for hydroxylation is 1. The zero-order chi connectivity index (χ0) is 11.5. The van der Waals surface area contributed by atoms with Gasteiger partial charge in [-0.1, -0.05) is 11.6 Å². The summed E-state index contributed by atoms with van der Waals surface area (Å²) in [5.41, 5.74) is 0.924. The van der Waals surface area contributed by atoms with E-state index in [0.717, 1.165) is 24.6 Å². The number of hydrogen-bond acceptors (Lipinski definition) is 4. The number of rotatable bonds is 2. The summed E-state index contributed by atoms with van der Waals surface area (Å²) in [5, 5.41) is 3.85. The van der Waals surface area contributed by atoms with Crippen LogP contribution in [0.15, 0.2) is 6.20 Å². The van der Waals surface area contributed by atoms with Gasteiger partial charge in [-0.2, -0.15) is 0 Å². The number of anilines is 1. The summed E-state index contributed by atoms with van der Waals surface area (Å²) in [5.74, 6) is 0.746. The van der Waals surface area contributed by atoms with Crippen LogP contribution in [0, 0.1) is 6.92 Å². The maximum atomic E-state index is 6.01. The number of aromatic nitrogens is 2. The molecule has 88 valence electrons. The lowest BCUT2D eigenvalue weighted by Gasteiger charge is -2.32. The van der Waals surface area contributed by atoms with Crippen LogP contribution in [0.5, 0.6) is 0 Å². The van der Waals surface area contributed by atoms with E-state index in [-0.39, 0.29) is 0 Å². The molecule has 16 heavy (non-hydrogen) atoms. The molecule has 5 heteroatoms. The van der Waals surface area contributed by atoms with Crippen molar-refractivity contribution in [2.75, 3.05) is 25.0 Å². The van der Waals surface area contributed by atoms with Crippen molar-refractivity contribution >= 4 is 17.5 Å². The molecule has 0 amide bonds. The van der Waals surface area contributed by atoms with Gasteiger partial charge >= 0.3 is 0 Å². The topological polar surface area (TPSA) is 41.0 Å². The van der Waals surface area contributed by atoms with Gasteiger partial charge in [0.25, 0.3) is 0 Å². The first-order chi connectivity index (χ1) is 7.70. The highest BCUT2D eigenvalue weighted by Crippen LogP contribution is 2.19. The Bertz CT molecular complexity index is 369. The molecule has 0 bridgehead atoms. The van der Waals surface area contributed by atoms with Gasteiger partial charge in [-0.05, 0) is 26.8 Å². The summed E-state index contributed by atoms with van der Waals surface area (Å²) in [6, 6.07) is 0.525. The normalized spacial score (nSPS) is 21.2. The lowest BCUT2D eigenvalue weighted by molar-refractivity contribution is 0.445. The number of nitrogens with one attached hydrogen (secondary N) is 1. The van der Waals surface area contributed by atoms with E-state index in [2.05, 4.69) is 20.2 Å². The van der Waals surface area contributed by atoms with E-state index in [1.165, 1.54) is 12.8 Å². The minimum atomic E-state index is 0.525. The van der Waals surface area contributed by atoms with E-state index in [1.807, 2.05) is 14.0 Å². The first-order valence-corrected chi connectivity index (χ1v) is 6.00. The zero-order valence-corrected chi connectivity index (χ0v) is 10.5. The second-order valence-corrected chi connectivity index (χ2v) is 4.58. The van der Waals surface area contributed by atoms with Crippen molar-refractivity contribution < 1.29 is 0 Å². The van der Waals surface area contributed by atoms with Gasteiger partial charge < -0.3 is 10.2 Å². The number of piperidine rings is 1. The smallest absolute Gasteiger partial charge is 0.226 e. The molecular formula is C11H17ClN4. The van der Waals surface area contributed by atoms with Crippen LogP contribution in [0.25, 0.3) is 0 Å². The molecule has 1 saturated heterocycles. The standard InChI is InChI=1S/C11H17ClN4/c1-8-6-14-11(15-10(8)12)16-5-3-4-9(7-16)13-2/h6,9,13H,3-5,7H2,1-2H3/t9-/m0/s1. The second kappa shape index (κ2) is 4.97. The molecule has 1 aromatic heterocycles. The van der Waals surface area contributed by atoms with Crippen molar-refractivity contribution in [1.29, 1.82) is 0 Å². The lowest BCUT2D eigenvalue weighted by atomic mass is 10.1. The first kappa shape index (κ1) is 11.6. The van der Waals surface area contributed by atoms with E-state index in [9.17, 15) is 0 Å². The molecule has 0 spiro atoms. The Hall–Kier alpha value is -0.870. The summed E-state index contributed by atoms with van der Waals surface area (Å²) in [4.78, 5) is 10.8. The molecule has 2 heterocycles. The van der Waals surface area contributed by atoms with E-state index < -0.39 is 0 Å². The predicted molar refractivity (Wildman–Crippen MR) is 66.1 cm³/mol. The second-order valence-electron chi connectivity index (χ2n) is 4.22. The molecule has 1 aromatic rings. The van der Waals surface area contributed by atoms with Gasteiger partial charge in [-0.25, -0.2) is 9.97 Å². The van der Waals surface area contributed by atoms with Crippen molar-refractivity contribution in [3.8, 4) is 0 Å². The highest BCUT2D eigenvalue weighted by Gasteiger charge is 2.20. The SMILES string of the molecule is CN[C@H]1CCCN(c2ncc(C)c(Cl)n2)C1. The van der Waals surface area contributed by atoms with Crippen LogP contribution in [-0.4, -0.2) is 36.1 Å². The van der Waals surface area contributed by atoms with Crippen LogP contribution >= 0.6 is 11.6 Å². The van der Waals surface area contributed by atoms with Crippen molar-refractivity contribution in [1.82, 2.24) is 15.3 Å². The molecule has 0 saturated carbocycles. The van der Waals surface area contributed by atoms with Crippen LogP contribution in [0.2, 0.25) is 5.15 Å². The summed E-state index contributed by atoms with van der Waals surface area (Å²) in [7, 11) is 2.00. The first-order valence-electron chi connectivity index (χ1n) is 5.62. The number of hydrogen-bond donors (Lipinski definition) is 1. The van der Waals surface area contributed by atoms with E-state index in [0.29, 0.717) is 11.2 Å². The average Bonchev–Trinajstić information content (AvgIpc) is 2.33. The average molecular weight is 241 g/mol. The minimum absolute atomic E-state index is 0.525. The highest BCUT2D eigenvalue weighted by molar-refractivity contribution is 6.30. The van der Waals surface area contributed by atoms with Crippen molar-refractivity contribution in [2.45, 2.75) is 25.8 Å². The fourth-order valence-electron chi connectivity index (χ4n) is 1.96. The molecule has 1 N–H and O–H groups in total. The third-order valence-electron chi connectivity index (χ3n) is 3.01. The Kier molecular flexibility index (Phi) is 3.61. The monoisotopic (exact) mass is 240 g/mol. The lowest BCUT2D eigenvalue weighted by Crippen LogP contribution is -2.45. The molecule has 1 fully saturated rings. The predicted octanol–water partition coefficient (Wildman–Crippen LogP) is 1.63. The molecule has 0 aliphatic carbocycles. The molecule has 0 aromatic carbocycles. The molecule has 2 rings (SSSR count). The number of halogens is 1. The van der Waals surface area contributed by atoms with Crippen molar-refractivity contribution in [2.24, 2.45) is 0 Å². The Labute approximate surface area is 101 Å². The molecule has 4 nitrogen and oxygen atoms in total. The highest BCUT2D eigenvalue weighted by atomic mass is 35.5. The molecule has 1 atom stereocenters. The fourth-order valence-corrected chi connectivity index (χ4v) is 2.08. The van der Waals surface area contributed by atoms with Gasteiger partial charge in [0.05, 0.1) is 0 Å². The minimum Gasteiger partial charge on any atom is -0.339 e. The molecule has 0 radical (unpaired) electrons. The fraction of sp³-hybridized carbons (Fsp3) is 0.636. The van der Waals surface area contributed by atoms with Crippen LogP contribution < -0.4 is 10.2 Å². The maximum absolute atomic E-state index is 6.01. The zero-order valence-electron chi connectivity index (χ0n) is 9.70. The van der Waals surface area contributed by atoms with Gasteiger partial charge in [-0.15, -0.1) is 0 Å².